The molecule has 0 saturated carbocycles. The smallest absolute Gasteiger partial charge is 0.193 e. The standard InChI is InChI=1S/C49H42O/c1-46(2)37-15-11-9-13-29(37)33-23-43-35(25-41(33)46)31-19-17-27(21-39(31)48(43,5)6)45(50)28-18-20-32-36-26-42-34(24-44(36)49(7,8)40(32)22-28)30-14-10-12-16-38(30)47(42,3)4/h9-26H,1-8H3. The van der Waals surface area contributed by atoms with Gasteiger partial charge in [0.25, 0.3) is 0 Å². The summed E-state index contributed by atoms with van der Waals surface area (Å²) in [6, 6.07) is 40.3. The molecule has 1 nitrogen and oxygen atoms in total. The second-order valence-electron chi connectivity index (χ2n) is 17.3. The predicted octanol–water partition coefficient (Wildman–Crippen LogP) is 12.1. The van der Waals surface area contributed by atoms with E-state index in [1.54, 1.807) is 0 Å². The highest BCUT2D eigenvalue weighted by Crippen LogP contribution is 2.58. The Morgan fingerprint density at radius 2 is 0.600 bits per heavy atom. The molecule has 1 heteroatoms. The number of rotatable bonds is 2. The molecule has 50 heavy (non-hydrogen) atoms. The van der Waals surface area contributed by atoms with Gasteiger partial charge in [-0.2, -0.15) is 0 Å². The summed E-state index contributed by atoms with van der Waals surface area (Å²) in [5, 5.41) is 0. The molecule has 0 radical (unpaired) electrons. The average Bonchev–Trinajstić information content (AvgIpc) is 3.66. The summed E-state index contributed by atoms with van der Waals surface area (Å²) in [5.74, 6) is 0.0872. The van der Waals surface area contributed by atoms with Gasteiger partial charge < -0.3 is 0 Å². The van der Waals surface area contributed by atoms with Crippen LogP contribution in [-0.2, 0) is 21.7 Å². The maximum absolute atomic E-state index is 14.4. The Morgan fingerprint density at radius 3 is 0.960 bits per heavy atom. The van der Waals surface area contributed by atoms with Crippen LogP contribution in [-0.4, -0.2) is 5.78 Å². The molecule has 6 aromatic rings. The highest BCUT2D eigenvalue weighted by atomic mass is 16.1. The topological polar surface area (TPSA) is 17.1 Å². The van der Waals surface area contributed by atoms with Crippen molar-refractivity contribution < 1.29 is 4.79 Å². The van der Waals surface area contributed by atoms with Crippen molar-refractivity contribution in [1.29, 1.82) is 0 Å². The van der Waals surface area contributed by atoms with Crippen LogP contribution >= 0.6 is 0 Å². The summed E-state index contributed by atoms with van der Waals surface area (Å²) in [4.78, 5) is 14.4. The third-order valence-electron chi connectivity index (χ3n) is 13.3. The first kappa shape index (κ1) is 29.9. The van der Waals surface area contributed by atoms with Gasteiger partial charge in [-0.3, -0.25) is 4.79 Å². The first-order valence-corrected chi connectivity index (χ1v) is 18.1. The maximum Gasteiger partial charge on any atom is 0.193 e. The van der Waals surface area contributed by atoms with Crippen molar-refractivity contribution in [2.24, 2.45) is 0 Å². The number of fused-ring (bicyclic) bond motifs is 12. The zero-order chi connectivity index (χ0) is 34.7. The molecule has 0 heterocycles. The number of carbonyl (C=O) groups excluding carboxylic acids is 1. The molecule has 0 spiro atoms. The van der Waals surface area contributed by atoms with Gasteiger partial charge in [-0.1, -0.05) is 128 Å². The lowest BCUT2D eigenvalue weighted by Gasteiger charge is -2.24. The van der Waals surface area contributed by atoms with E-state index in [4.69, 9.17) is 0 Å². The Bertz CT molecular complexity index is 2370. The van der Waals surface area contributed by atoms with E-state index in [0.717, 1.165) is 11.1 Å². The van der Waals surface area contributed by atoms with Crippen LogP contribution in [0.1, 0.15) is 116 Å². The third-order valence-corrected chi connectivity index (χ3v) is 13.3. The minimum absolute atomic E-state index is 0.0500. The highest BCUT2D eigenvalue weighted by molar-refractivity contribution is 6.10. The molecule has 6 aromatic carbocycles. The summed E-state index contributed by atoms with van der Waals surface area (Å²) in [5.41, 5.74) is 22.2. The minimum Gasteiger partial charge on any atom is -0.289 e. The molecule has 10 rings (SSSR count). The molecule has 4 aliphatic rings. The lowest BCUT2D eigenvalue weighted by atomic mass is 9.78. The Hall–Kier alpha value is -5.01. The van der Waals surface area contributed by atoms with Crippen molar-refractivity contribution >= 4 is 5.78 Å². The van der Waals surface area contributed by atoms with Crippen LogP contribution in [0.2, 0.25) is 0 Å². The fraction of sp³-hybridized carbons (Fsp3) is 0.245. The number of carbonyl (C=O) groups is 1. The molecule has 0 N–H and O–H groups in total. The van der Waals surface area contributed by atoms with Crippen LogP contribution in [0.4, 0.5) is 0 Å². The van der Waals surface area contributed by atoms with E-state index in [-0.39, 0.29) is 27.4 Å². The van der Waals surface area contributed by atoms with Crippen LogP contribution in [0.15, 0.2) is 109 Å². The van der Waals surface area contributed by atoms with Gasteiger partial charge in [-0.25, -0.2) is 0 Å². The largest absolute Gasteiger partial charge is 0.289 e. The molecule has 0 fully saturated rings. The van der Waals surface area contributed by atoms with Gasteiger partial charge in [-0.15, -0.1) is 0 Å². The van der Waals surface area contributed by atoms with Crippen LogP contribution < -0.4 is 0 Å². The maximum atomic E-state index is 14.4. The summed E-state index contributed by atoms with van der Waals surface area (Å²) in [6.07, 6.45) is 0. The highest BCUT2D eigenvalue weighted by Gasteiger charge is 2.43. The Balaban J connectivity index is 1.03. The van der Waals surface area contributed by atoms with Gasteiger partial charge >= 0.3 is 0 Å². The second kappa shape index (κ2) is 9.20. The van der Waals surface area contributed by atoms with Gasteiger partial charge in [0, 0.05) is 32.8 Å². The zero-order valence-corrected chi connectivity index (χ0v) is 30.3. The van der Waals surface area contributed by atoms with Crippen molar-refractivity contribution in [2.75, 3.05) is 0 Å². The minimum atomic E-state index is -0.216. The number of hydrogen-bond acceptors (Lipinski definition) is 1. The third kappa shape index (κ3) is 3.51. The van der Waals surface area contributed by atoms with Gasteiger partial charge in [0.05, 0.1) is 0 Å². The summed E-state index contributed by atoms with van der Waals surface area (Å²) < 4.78 is 0. The molecular formula is C49H42O. The molecule has 0 unspecified atom stereocenters. The van der Waals surface area contributed by atoms with Crippen LogP contribution in [0.3, 0.4) is 0 Å². The number of hydrogen-bond donors (Lipinski definition) is 0. The number of ketones is 1. The molecule has 0 aliphatic heterocycles. The fourth-order valence-corrected chi connectivity index (χ4v) is 10.3. The second-order valence-corrected chi connectivity index (χ2v) is 17.3. The van der Waals surface area contributed by atoms with E-state index < -0.39 is 0 Å². The predicted molar refractivity (Wildman–Crippen MR) is 207 cm³/mol. The summed E-state index contributed by atoms with van der Waals surface area (Å²) in [6.45, 7) is 18.6. The van der Waals surface area contributed by atoms with Crippen molar-refractivity contribution in [2.45, 2.75) is 77.0 Å². The lowest BCUT2D eigenvalue weighted by molar-refractivity contribution is 0.103. The van der Waals surface area contributed by atoms with Gasteiger partial charge in [0.2, 0.25) is 0 Å². The van der Waals surface area contributed by atoms with Crippen LogP contribution in [0.5, 0.6) is 0 Å². The first-order valence-electron chi connectivity index (χ1n) is 18.1. The Labute approximate surface area is 296 Å². The quantitative estimate of drug-likeness (QED) is 0.171. The normalized spacial score (nSPS) is 17.9. The SMILES string of the molecule is CC1(C)c2ccccc2-c2cc3c(cc21)-c1ccc(C(=O)c2ccc4c(c2)C(C)(C)c2cc5c(cc2-4)C(C)(C)c2ccccc2-5)cc1C3(C)C. The molecule has 0 saturated heterocycles. The average molecular weight is 647 g/mol. The molecular weight excluding hydrogens is 605 g/mol. The molecule has 0 atom stereocenters. The lowest BCUT2D eigenvalue weighted by Crippen LogP contribution is -2.18. The van der Waals surface area contributed by atoms with E-state index in [9.17, 15) is 4.79 Å². The molecule has 244 valence electrons. The fourth-order valence-electron chi connectivity index (χ4n) is 10.3. The van der Waals surface area contributed by atoms with E-state index in [0.29, 0.717) is 0 Å². The molecule has 0 bridgehead atoms. The summed E-state index contributed by atoms with van der Waals surface area (Å²) >= 11 is 0. The molecule has 0 amide bonds. The van der Waals surface area contributed by atoms with Crippen molar-refractivity contribution in [3.63, 3.8) is 0 Å². The molecule has 0 aromatic heterocycles. The van der Waals surface area contributed by atoms with E-state index >= 15 is 0 Å². The monoisotopic (exact) mass is 646 g/mol. The van der Waals surface area contributed by atoms with Crippen molar-refractivity contribution in [3.8, 4) is 44.5 Å². The van der Waals surface area contributed by atoms with Gasteiger partial charge in [0.1, 0.15) is 0 Å². The Kier molecular flexibility index (Phi) is 5.50. The van der Waals surface area contributed by atoms with E-state index in [1.165, 1.54) is 89.0 Å². The first-order chi connectivity index (χ1) is 23.7. The molecule has 4 aliphatic carbocycles. The van der Waals surface area contributed by atoms with Crippen LogP contribution in [0, 0.1) is 0 Å². The zero-order valence-electron chi connectivity index (χ0n) is 30.3. The van der Waals surface area contributed by atoms with Crippen LogP contribution in [0.25, 0.3) is 44.5 Å². The Morgan fingerprint density at radius 1 is 0.320 bits per heavy atom. The van der Waals surface area contributed by atoms with Gasteiger partial charge in [-0.05, 0) is 125 Å². The summed E-state index contributed by atoms with van der Waals surface area (Å²) in [7, 11) is 0. The van der Waals surface area contributed by atoms with E-state index in [2.05, 4.69) is 165 Å². The van der Waals surface area contributed by atoms with Gasteiger partial charge in [0.15, 0.2) is 5.78 Å². The number of benzene rings is 6. The van der Waals surface area contributed by atoms with E-state index in [1.807, 2.05) is 0 Å². The van der Waals surface area contributed by atoms with Crippen molar-refractivity contribution in [1.82, 2.24) is 0 Å². The van der Waals surface area contributed by atoms with Crippen molar-refractivity contribution in [3.05, 3.63) is 165 Å².